The summed E-state index contributed by atoms with van der Waals surface area (Å²) >= 11 is 0. The third kappa shape index (κ3) is 2.56. The lowest BCUT2D eigenvalue weighted by Crippen LogP contribution is -2.27. The summed E-state index contributed by atoms with van der Waals surface area (Å²) in [5.74, 6) is 0.613. The second-order valence-electron chi connectivity index (χ2n) is 5.63. The van der Waals surface area contributed by atoms with Crippen LogP contribution in [-0.2, 0) is 0 Å². The third-order valence-electron chi connectivity index (χ3n) is 4.05. The highest BCUT2D eigenvalue weighted by Crippen LogP contribution is 2.28. The Balaban J connectivity index is 1.94. The van der Waals surface area contributed by atoms with Gasteiger partial charge in [-0.3, -0.25) is 0 Å². The molecule has 0 amide bonds. The zero-order chi connectivity index (χ0) is 13.9. The fraction of sp³-hybridized carbons (Fsp3) is 0.438. The highest BCUT2D eigenvalue weighted by atomic mass is 15.1. The summed E-state index contributed by atoms with van der Waals surface area (Å²) < 4.78 is 2.24. The van der Waals surface area contributed by atoms with Crippen LogP contribution in [0.2, 0.25) is 0 Å². The molecule has 0 bridgehead atoms. The summed E-state index contributed by atoms with van der Waals surface area (Å²) in [5, 5.41) is 3.42. The largest absolute Gasteiger partial charge is 0.378 e. The predicted molar refractivity (Wildman–Crippen MR) is 82.7 cm³/mol. The number of hydrogen-bond donors (Lipinski definition) is 1. The topological polar surface area (TPSA) is 33.1 Å². The molecule has 1 aliphatic heterocycles. The Morgan fingerprint density at radius 1 is 1.25 bits per heavy atom. The normalized spacial score (nSPS) is 16.3. The fourth-order valence-corrected chi connectivity index (χ4v) is 2.86. The zero-order valence-electron chi connectivity index (χ0n) is 12.2. The fourth-order valence-electron chi connectivity index (χ4n) is 2.86. The van der Waals surface area contributed by atoms with Gasteiger partial charge in [0.15, 0.2) is 0 Å². The van der Waals surface area contributed by atoms with Crippen molar-refractivity contribution in [3.63, 3.8) is 0 Å². The second-order valence-corrected chi connectivity index (χ2v) is 5.63. The lowest BCUT2D eigenvalue weighted by atomic mass is 9.95. The Hall–Kier alpha value is -1.81. The summed E-state index contributed by atoms with van der Waals surface area (Å²) in [6, 6.07) is 8.60. The Morgan fingerprint density at radius 3 is 2.80 bits per heavy atom. The Bertz CT molecular complexity index is 567. The molecule has 0 spiro atoms. The molecule has 1 N–H and O–H groups in total. The molecule has 1 fully saturated rings. The van der Waals surface area contributed by atoms with E-state index in [1.54, 1.807) is 0 Å². The van der Waals surface area contributed by atoms with Crippen molar-refractivity contribution in [3.8, 4) is 5.69 Å². The van der Waals surface area contributed by atoms with Crippen molar-refractivity contribution in [2.75, 3.05) is 32.1 Å². The highest BCUT2D eigenvalue weighted by Gasteiger charge is 2.19. The molecule has 0 saturated carbocycles. The van der Waals surface area contributed by atoms with Crippen LogP contribution in [0.25, 0.3) is 5.69 Å². The highest BCUT2D eigenvalue weighted by molar-refractivity contribution is 5.52. The van der Waals surface area contributed by atoms with E-state index in [2.05, 4.69) is 58.1 Å². The minimum Gasteiger partial charge on any atom is -0.378 e. The first-order chi connectivity index (χ1) is 9.75. The van der Waals surface area contributed by atoms with Gasteiger partial charge in [0.1, 0.15) is 0 Å². The van der Waals surface area contributed by atoms with Crippen LogP contribution in [0.4, 0.5) is 5.69 Å². The maximum absolute atomic E-state index is 4.38. The molecular weight excluding hydrogens is 248 g/mol. The van der Waals surface area contributed by atoms with E-state index in [4.69, 9.17) is 0 Å². The van der Waals surface area contributed by atoms with Crippen molar-refractivity contribution in [2.45, 2.75) is 18.8 Å². The number of nitrogens with one attached hydrogen (secondary N) is 1. The molecule has 0 unspecified atom stereocenters. The SMILES string of the molecule is CN(C)c1cccc(-n2cncc2C2CCNCC2)c1. The number of aromatic nitrogens is 2. The van der Waals surface area contributed by atoms with E-state index in [9.17, 15) is 0 Å². The third-order valence-corrected chi connectivity index (χ3v) is 4.05. The summed E-state index contributed by atoms with van der Waals surface area (Å²) in [5.41, 5.74) is 3.75. The van der Waals surface area contributed by atoms with Crippen molar-refractivity contribution in [1.82, 2.24) is 14.9 Å². The number of anilines is 1. The quantitative estimate of drug-likeness (QED) is 0.929. The van der Waals surface area contributed by atoms with Crippen molar-refractivity contribution < 1.29 is 0 Å². The van der Waals surface area contributed by atoms with Crippen LogP contribution in [0.15, 0.2) is 36.8 Å². The molecule has 1 saturated heterocycles. The predicted octanol–water partition coefficient (Wildman–Crippen LogP) is 2.41. The maximum Gasteiger partial charge on any atom is 0.0994 e. The Kier molecular flexibility index (Phi) is 3.74. The minimum absolute atomic E-state index is 0.613. The van der Waals surface area contributed by atoms with E-state index in [0.717, 1.165) is 13.1 Å². The van der Waals surface area contributed by atoms with E-state index in [1.807, 2.05) is 12.5 Å². The molecule has 1 aliphatic rings. The van der Waals surface area contributed by atoms with Crippen LogP contribution in [-0.4, -0.2) is 36.7 Å². The van der Waals surface area contributed by atoms with Crippen molar-refractivity contribution in [1.29, 1.82) is 0 Å². The molecular formula is C16H22N4. The van der Waals surface area contributed by atoms with Crippen molar-refractivity contribution >= 4 is 5.69 Å². The number of imidazole rings is 1. The van der Waals surface area contributed by atoms with Gasteiger partial charge in [0.25, 0.3) is 0 Å². The van der Waals surface area contributed by atoms with Crippen LogP contribution in [0.5, 0.6) is 0 Å². The molecule has 3 rings (SSSR count). The van der Waals surface area contributed by atoms with E-state index in [-0.39, 0.29) is 0 Å². The Morgan fingerprint density at radius 2 is 2.05 bits per heavy atom. The van der Waals surface area contributed by atoms with Gasteiger partial charge in [-0.15, -0.1) is 0 Å². The van der Waals surface area contributed by atoms with E-state index in [0.29, 0.717) is 5.92 Å². The molecule has 1 aromatic carbocycles. The molecule has 20 heavy (non-hydrogen) atoms. The average Bonchev–Trinajstić information content (AvgIpc) is 2.98. The molecule has 106 valence electrons. The van der Waals surface area contributed by atoms with Crippen LogP contribution in [0, 0.1) is 0 Å². The molecule has 1 aromatic heterocycles. The van der Waals surface area contributed by atoms with Gasteiger partial charge in [0.05, 0.1) is 6.33 Å². The van der Waals surface area contributed by atoms with Gasteiger partial charge in [0, 0.05) is 43.3 Å². The minimum atomic E-state index is 0.613. The van der Waals surface area contributed by atoms with Gasteiger partial charge in [-0.05, 0) is 44.1 Å². The smallest absolute Gasteiger partial charge is 0.0994 e. The lowest BCUT2D eigenvalue weighted by molar-refractivity contribution is 0.449. The summed E-state index contributed by atoms with van der Waals surface area (Å²) in [7, 11) is 4.14. The molecule has 4 nitrogen and oxygen atoms in total. The monoisotopic (exact) mass is 270 g/mol. The maximum atomic E-state index is 4.38. The first-order valence-electron chi connectivity index (χ1n) is 7.26. The second kappa shape index (κ2) is 5.67. The summed E-state index contributed by atoms with van der Waals surface area (Å²) in [6.45, 7) is 2.21. The number of nitrogens with zero attached hydrogens (tertiary/aromatic N) is 3. The number of hydrogen-bond acceptors (Lipinski definition) is 3. The standard InChI is InChI=1S/C16H22N4/c1-19(2)14-4-3-5-15(10-14)20-12-18-11-16(20)13-6-8-17-9-7-13/h3-5,10-13,17H,6-9H2,1-2H3. The van der Waals surface area contributed by atoms with Crippen molar-refractivity contribution in [2.24, 2.45) is 0 Å². The molecule has 0 radical (unpaired) electrons. The Labute approximate surface area is 120 Å². The van der Waals surface area contributed by atoms with Gasteiger partial charge in [-0.25, -0.2) is 4.98 Å². The molecule has 0 atom stereocenters. The zero-order valence-corrected chi connectivity index (χ0v) is 12.2. The lowest BCUT2D eigenvalue weighted by Gasteiger charge is -2.24. The van der Waals surface area contributed by atoms with Gasteiger partial charge in [-0.1, -0.05) is 6.07 Å². The molecule has 2 aromatic rings. The first kappa shape index (κ1) is 13.2. The van der Waals surface area contributed by atoms with Crippen LogP contribution in [0.1, 0.15) is 24.5 Å². The van der Waals surface area contributed by atoms with E-state index < -0.39 is 0 Å². The summed E-state index contributed by atoms with van der Waals surface area (Å²) in [6.07, 6.45) is 6.35. The van der Waals surface area contributed by atoms with Crippen LogP contribution >= 0.6 is 0 Å². The van der Waals surface area contributed by atoms with E-state index in [1.165, 1.54) is 29.9 Å². The number of benzene rings is 1. The van der Waals surface area contributed by atoms with Crippen LogP contribution in [0.3, 0.4) is 0 Å². The van der Waals surface area contributed by atoms with E-state index >= 15 is 0 Å². The van der Waals surface area contributed by atoms with Gasteiger partial charge in [0.2, 0.25) is 0 Å². The molecule has 4 heteroatoms. The number of rotatable bonds is 3. The average molecular weight is 270 g/mol. The molecule has 2 heterocycles. The van der Waals surface area contributed by atoms with Crippen LogP contribution < -0.4 is 10.2 Å². The van der Waals surface area contributed by atoms with Gasteiger partial charge < -0.3 is 14.8 Å². The molecule has 0 aliphatic carbocycles. The summed E-state index contributed by atoms with van der Waals surface area (Å²) in [4.78, 5) is 6.51. The van der Waals surface area contributed by atoms with Crippen molar-refractivity contribution in [3.05, 3.63) is 42.5 Å². The number of piperidine rings is 1. The first-order valence-corrected chi connectivity index (χ1v) is 7.26. The van der Waals surface area contributed by atoms with Gasteiger partial charge >= 0.3 is 0 Å². The van der Waals surface area contributed by atoms with Gasteiger partial charge in [-0.2, -0.15) is 0 Å².